The summed E-state index contributed by atoms with van der Waals surface area (Å²) in [5, 5.41) is 4.62. The first-order valence-electron chi connectivity index (χ1n) is 10.3. The fourth-order valence-electron chi connectivity index (χ4n) is 4.00. The lowest BCUT2D eigenvalue weighted by Crippen LogP contribution is -2.63. The molecule has 0 saturated carbocycles. The Kier molecular flexibility index (Phi) is 5.03. The van der Waals surface area contributed by atoms with Crippen molar-refractivity contribution >= 4 is 17.5 Å². The fraction of sp³-hybridized carbons (Fsp3) is 0.391. The van der Waals surface area contributed by atoms with E-state index in [1.54, 1.807) is 53.5 Å². The molecule has 7 nitrogen and oxygen atoms in total. The van der Waals surface area contributed by atoms with Crippen LogP contribution in [-0.2, 0) is 4.79 Å². The highest BCUT2D eigenvalue weighted by Crippen LogP contribution is 2.28. The Morgan fingerprint density at radius 1 is 1.16 bits per heavy atom. The molecule has 3 aromatic rings. The molecule has 0 N–H and O–H groups in total. The molecule has 2 amide bonds. The summed E-state index contributed by atoms with van der Waals surface area (Å²) in [5.74, 6) is -0.573. The third kappa shape index (κ3) is 3.56. The number of carbonyl (C=O) groups is 2. The summed E-state index contributed by atoms with van der Waals surface area (Å²) >= 11 is 0. The molecule has 8 heteroatoms. The van der Waals surface area contributed by atoms with Crippen molar-refractivity contribution in [3.63, 3.8) is 0 Å². The Bertz CT molecular complexity index is 1170. The van der Waals surface area contributed by atoms with Gasteiger partial charge in [-0.15, -0.1) is 0 Å². The van der Waals surface area contributed by atoms with E-state index in [-0.39, 0.29) is 29.2 Å². The van der Waals surface area contributed by atoms with E-state index in [1.807, 2.05) is 19.9 Å². The summed E-state index contributed by atoms with van der Waals surface area (Å²) in [6.07, 6.45) is 1.61. The van der Waals surface area contributed by atoms with Crippen molar-refractivity contribution in [3.05, 3.63) is 53.6 Å². The molecule has 0 radical (unpaired) electrons. The van der Waals surface area contributed by atoms with Gasteiger partial charge in [0, 0.05) is 31.3 Å². The van der Waals surface area contributed by atoms with Crippen LogP contribution in [0.1, 0.15) is 49.7 Å². The highest BCUT2D eigenvalue weighted by Gasteiger charge is 2.43. The van der Waals surface area contributed by atoms with Gasteiger partial charge in [0.05, 0.1) is 11.9 Å². The summed E-state index contributed by atoms with van der Waals surface area (Å²) in [4.78, 5) is 33.7. The van der Waals surface area contributed by atoms with Crippen LogP contribution in [0.5, 0.6) is 0 Å². The van der Waals surface area contributed by atoms with Crippen LogP contribution in [0.25, 0.3) is 16.9 Å². The van der Waals surface area contributed by atoms with Crippen molar-refractivity contribution in [2.75, 3.05) is 20.1 Å². The molecule has 0 aliphatic carbocycles. The molecule has 0 atom stereocenters. The monoisotopic (exact) mass is 423 g/mol. The Labute approximate surface area is 180 Å². The lowest BCUT2D eigenvalue weighted by Gasteiger charge is -2.44. The standard InChI is InChI=1S/C23H26FN5O2/c1-14(2)17-12-18(15-6-8-16(24)9-7-15)26-29-13-19(25-20(17)29)21(30)28-11-10-27(5)22(31)23(28,3)4/h6-9,12-14H,10-11H2,1-5H3. The van der Waals surface area contributed by atoms with Crippen LogP contribution in [0.4, 0.5) is 4.39 Å². The summed E-state index contributed by atoms with van der Waals surface area (Å²) < 4.78 is 14.9. The Balaban J connectivity index is 1.78. The van der Waals surface area contributed by atoms with E-state index in [9.17, 15) is 14.0 Å². The number of benzene rings is 1. The van der Waals surface area contributed by atoms with Crippen molar-refractivity contribution in [1.29, 1.82) is 0 Å². The van der Waals surface area contributed by atoms with Crippen LogP contribution >= 0.6 is 0 Å². The molecule has 31 heavy (non-hydrogen) atoms. The predicted molar refractivity (Wildman–Crippen MR) is 115 cm³/mol. The van der Waals surface area contributed by atoms with E-state index in [4.69, 9.17) is 0 Å². The van der Waals surface area contributed by atoms with Gasteiger partial charge in [-0.1, -0.05) is 13.8 Å². The maximum absolute atomic E-state index is 13.3. The van der Waals surface area contributed by atoms with Gasteiger partial charge in [-0.25, -0.2) is 13.9 Å². The molecular weight excluding hydrogens is 397 g/mol. The van der Waals surface area contributed by atoms with E-state index in [0.717, 1.165) is 11.1 Å². The van der Waals surface area contributed by atoms with Gasteiger partial charge in [-0.2, -0.15) is 5.10 Å². The number of hydrogen-bond donors (Lipinski definition) is 0. The third-order valence-electron chi connectivity index (χ3n) is 5.88. The molecule has 1 saturated heterocycles. The first-order valence-corrected chi connectivity index (χ1v) is 10.3. The van der Waals surface area contributed by atoms with Crippen molar-refractivity contribution in [3.8, 4) is 11.3 Å². The molecule has 162 valence electrons. The number of rotatable bonds is 3. The third-order valence-corrected chi connectivity index (χ3v) is 5.88. The zero-order valence-electron chi connectivity index (χ0n) is 18.4. The number of hydrogen-bond acceptors (Lipinski definition) is 4. The second kappa shape index (κ2) is 7.44. The minimum absolute atomic E-state index is 0.101. The van der Waals surface area contributed by atoms with Crippen LogP contribution in [-0.4, -0.2) is 61.9 Å². The van der Waals surface area contributed by atoms with E-state index in [1.165, 1.54) is 12.1 Å². The molecule has 1 aliphatic rings. The number of likely N-dealkylation sites (N-methyl/N-ethyl adjacent to an activating group) is 1. The average Bonchev–Trinajstić information content (AvgIpc) is 3.15. The SMILES string of the molecule is CC(C)c1cc(-c2ccc(F)cc2)nn2cc(C(=O)N3CCN(C)C(=O)C3(C)C)nc12. The number of imidazole rings is 1. The van der Waals surface area contributed by atoms with Crippen LogP contribution < -0.4 is 0 Å². The zero-order valence-corrected chi connectivity index (χ0v) is 18.4. The van der Waals surface area contributed by atoms with Crippen molar-refractivity contribution in [2.24, 2.45) is 0 Å². The first kappa shape index (κ1) is 21.0. The zero-order chi connectivity index (χ0) is 22.5. The molecule has 4 rings (SSSR count). The molecule has 0 unspecified atom stereocenters. The number of halogens is 1. The second-order valence-electron chi connectivity index (χ2n) is 8.78. The lowest BCUT2D eigenvalue weighted by molar-refractivity contribution is -0.144. The minimum Gasteiger partial charge on any atom is -0.342 e. The average molecular weight is 423 g/mol. The molecule has 0 spiro atoms. The Morgan fingerprint density at radius 3 is 2.48 bits per heavy atom. The minimum atomic E-state index is -0.951. The van der Waals surface area contributed by atoms with Gasteiger partial charge < -0.3 is 9.80 Å². The number of carbonyl (C=O) groups excluding carboxylic acids is 2. The van der Waals surface area contributed by atoms with E-state index in [0.29, 0.717) is 24.4 Å². The highest BCUT2D eigenvalue weighted by molar-refractivity contribution is 5.98. The van der Waals surface area contributed by atoms with Gasteiger partial charge in [0.25, 0.3) is 5.91 Å². The van der Waals surface area contributed by atoms with Crippen LogP contribution in [0.3, 0.4) is 0 Å². The van der Waals surface area contributed by atoms with Gasteiger partial charge in [0.2, 0.25) is 5.91 Å². The molecule has 1 aromatic carbocycles. The first-order chi connectivity index (χ1) is 14.6. The number of piperazine rings is 1. The maximum atomic E-state index is 13.3. The van der Waals surface area contributed by atoms with Crippen molar-refractivity contribution in [1.82, 2.24) is 24.4 Å². The fourth-order valence-corrected chi connectivity index (χ4v) is 4.00. The largest absolute Gasteiger partial charge is 0.342 e. The Hall–Kier alpha value is -3.29. The molecule has 2 aromatic heterocycles. The van der Waals surface area contributed by atoms with Gasteiger partial charge in [0.1, 0.15) is 17.1 Å². The predicted octanol–water partition coefficient (Wildman–Crippen LogP) is 3.35. The van der Waals surface area contributed by atoms with E-state index >= 15 is 0 Å². The summed E-state index contributed by atoms with van der Waals surface area (Å²) in [6.45, 7) is 8.51. The summed E-state index contributed by atoms with van der Waals surface area (Å²) in [5.41, 5.74) is 2.27. The lowest BCUT2D eigenvalue weighted by atomic mass is 9.97. The van der Waals surface area contributed by atoms with Crippen LogP contribution in [0, 0.1) is 5.82 Å². The van der Waals surface area contributed by atoms with Crippen LogP contribution in [0.2, 0.25) is 0 Å². The normalized spacial score (nSPS) is 16.4. The van der Waals surface area contributed by atoms with Gasteiger partial charge >= 0.3 is 0 Å². The number of fused-ring (bicyclic) bond motifs is 1. The maximum Gasteiger partial charge on any atom is 0.275 e. The number of amides is 2. The summed E-state index contributed by atoms with van der Waals surface area (Å²) in [7, 11) is 1.74. The molecule has 0 bridgehead atoms. The smallest absolute Gasteiger partial charge is 0.275 e. The summed E-state index contributed by atoms with van der Waals surface area (Å²) in [6, 6.07) is 8.07. The van der Waals surface area contributed by atoms with Crippen LogP contribution in [0.15, 0.2) is 36.5 Å². The quantitative estimate of drug-likeness (QED) is 0.648. The van der Waals surface area contributed by atoms with Gasteiger partial charge in [-0.3, -0.25) is 9.59 Å². The van der Waals surface area contributed by atoms with Gasteiger partial charge in [-0.05, 0) is 50.1 Å². The molecule has 1 aliphatic heterocycles. The molecule has 1 fully saturated rings. The van der Waals surface area contributed by atoms with E-state index < -0.39 is 5.54 Å². The van der Waals surface area contributed by atoms with E-state index in [2.05, 4.69) is 10.1 Å². The Morgan fingerprint density at radius 2 is 1.84 bits per heavy atom. The molecule has 3 heterocycles. The van der Waals surface area contributed by atoms with Crippen molar-refractivity contribution < 1.29 is 14.0 Å². The molecular formula is C23H26FN5O2. The number of aromatic nitrogens is 3. The van der Waals surface area contributed by atoms with Gasteiger partial charge in [0.15, 0.2) is 5.65 Å². The topological polar surface area (TPSA) is 70.8 Å². The highest BCUT2D eigenvalue weighted by atomic mass is 19.1. The number of nitrogens with zero attached hydrogens (tertiary/aromatic N) is 5. The van der Waals surface area contributed by atoms with Crippen molar-refractivity contribution in [2.45, 2.75) is 39.2 Å². The second-order valence-corrected chi connectivity index (χ2v) is 8.78.